The van der Waals surface area contributed by atoms with Gasteiger partial charge in [0.05, 0.1) is 0 Å². The van der Waals surface area contributed by atoms with E-state index in [0.717, 1.165) is 0 Å². The Balaban J connectivity index is 3.45. The van der Waals surface area contributed by atoms with E-state index in [9.17, 15) is 0 Å². The Bertz CT molecular complexity index is 310. The van der Waals surface area contributed by atoms with E-state index in [1.807, 2.05) is 70.6 Å². The van der Waals surface area contributed by atoms with Crippen molar-refractivity contribution in [2.45, 2.75) is 4.08 Å². The molecule has 0 aromatic rings. The molecule has 17 heavy (non-hydrogen) atoms. The van der Waals surface area contributed by atoms with Crippen LogP contribution in [0.1, 0.15) is 0 Å². The van der Waals surface area contributed by atoms with E-state index in [-0.39, 0.29) is 4.08 Å². The molecule has 0 nitrogen and oxygen atoms in total. The molecule has 98 valence electrons. The minimum atomic E-state index is 0.134. The summed E-state index contributed by atoms with van der Waals surface area (Å²) in [7, 11) is 0. The van der Waals surface area contributed by atoms with E-state index in [1.165, 1.54) is 19.6 Å². The Morgan fingerprint density at radius 1 is 0.588 bits per heavy atom. The van der Waals surface area contributed by atoms with Gasteiger partial charge in [0.25, 0.3) is 0 Å². The summed E-state index contributed by atoms with van der Waals surface area (Å²) in [5.74, 6) is 0. The topological polar surface area (TPSA) is 0 Å². The van der Waals surface area contributed by atoms with Crippen molar-refractivity contribution < 1.29 is 0 Å². The van der Waals surface area contributed by atoms with Gasteiger partial charge in [0, 0.05) is 19.6 Å². The number of hydrogen-bond donors (Lipinski definition) is 0. The molecule has 1 rings (SSSR count). The summed E-state index contributed by atoms with van der Waals surface area (Å²) in [6, 6.07) is 0. The second-order valence-electron chi connectivity index (χ2n) is 3.16. The van der Waals surface area contributed by atoms with Crippen LogP contribution in [0.3, 0.4) is 0 Å². The van der Waals surface area contributed by atoms with Crippen molar-refractivity contribution in [3.05, 3.63) is 19.6 Å². The van der Waals surface area contributed by atoms with Crippen LogP contribution in [0.2, 0.25) is 0 Å². The van der Waals surface area contributed by atoms with Gasteiger partial charge in [-0.2, -0.15) is 0 Å². The van der Waals surface area contributed by atoms with Crippen molar-refractivity contribution in [2.24, 2.45) is 0 Å². The molecule has 0 aliphatic heterocycles. The second kappa shape index (κ2) is 7.39. The maximum Gasteiger partial charge on any atom is 0.125 e. The third-order valence-corrected chi connectivity index (χ3v) is 9.95. The number of hydrogen-bond acceptors (Lipinski definition) is 6. The van der Waals surface area contributed by atoms with E-state index in [0.29, 0.717) is 0 Å². The molecule has 0 N–H and O–H groups in total. The maximum atomic E-state index is 2.23. The zero-order chi connectivity index (χ0) is 13.1. The van der Waals surface area contributed by atoms with E-state index < -0.39 is 0 Å². The third kappa shape index (κ3) is 2.72. The zero-order valence-electron chi connectivity index (χ0n) is 10.9. The largest absolute Gasteiger partial charge is 0.137 e. The first-order valence-electron chi connectivity index (χ1n) is 4.92. The molecular formula is C11H18S6. The molecule has 1 aliphatic rings. The predicted octanol–water partition coefficient (Wildman–Crippen LogP) is 5.30. The van der Waals surface area contributed by atoms with Crippen LogP contribution >= 0.6 is 70.6 Å². The first-order chi connectivity index (χ1) is 8.16. The second-order valence-corrected chi connectivity index (χ2v) is 8.72. The van der Waals surface area contributed by atoms with E-state index >= 15 is 0 Å². The van der Waals surface area contributed by atoms with Gasteiger partial charge >= 0.3 is 0 Å². The highest BCUT2D eigenvalue weighted by Gasteiger charge is 2.45. The van der Waals surface area contributed by atoms with Gasteiger partial charge < -0.3 is 0 Å². The summed E-state index contributed by atoms with van der Waals surface area (Å²) in [5, 5.41) is 0. The van der Waals surface area contributed by atoms with Crippen molar-refractivity contribution in [1.82, 2.24) is 0 Å². The molecule has 0 fully saturated rings. The molecule has 0 saturated carbocycles. The summed E-state index contributed by atoms with van der Waals surface area (Å²) in [6.45, 7) is 0. The first-order valence-corrected chi connectivity index (χ1v) is 12.3. The van der Waals surface area contributed by atoms with Gasteiger partial charge in [0.2, 0.25) is 0 Å². The van der Waals surface area contributed by atoms with Crippen LogP contribution in [0.5, 0.6) is 0 Å². The highest BCUT2D eigenvalue weighted by Crippen LogP contribution is 2.63. The van der Waals surface area contributed by atoms with Gasteiger partial charge in [-0.1, -0.05) is 0 Å². The summed E-state index contributed by atoms with van der Waals surface area (Å²) in [4.78, 5) is 6.02. The fraction of sp³-hybridized carbons (Fsp3) is 0.636. The quantitative estimate of drug-likeness (QED) is 0.597. The summed E-state index contributed by atoms with van der Waals surface area (Å²) in [5.41, 5.74) is 0. The molecule has 6 heteroatoms. The Morgan fingerprint density at radius 3 is 1.12 bits per heavy atom. The van der Waals surface area contributed by atoms with Crippen molar-refractivity contribution >= 4 is 70.6 Å². The molecule has 0 unspecified atom stereocenters. The molecule has 0 bridgehead atoms. The fourth-order valence-corrected chi connectivity index (χ4v) is 10.2. The van der Waals surface area contributed by atoms with Crippen LogP contribution in [-0.4, -0.2) is 41.6 Å². The molecule has 0 radical (unpaired) electrons. The van der Waals surface area contributed by atoms with E-state index in [2.05, 4.69) is 37.5 Å². The highest BCUT2D eigenvalue weighted by molar-refractivity contribution is 8.22. The van der Waals surface area contributed by atoms with Crippen LogP contribution in [0.25, 0.3) is 0 Å². The van der Waals surface area contributed by atoms with Crippen LogP contribution < -0.4 is 0 Å². The maximum absolute atomic E-state index is 2.23. The Morgan fingerprint density at radius 2 is 0.941 bits per heavy atom. The van der Waals surface area contributed by atoms with E-state index in [1.54, 1.807) is 0 Å². The molecule has 1 aliphatic carbocycles. The Kier molecular flexibility index (Phi) is 7.23. The minimum Gasteiger partial charge on any atom is -0.137 e. The van der Waals surface area contributed by atoms with Crippen LogP contribution in [0, 0.1) is 0 Å². The van der Waals surface area contributed by atoms with Gasteiger partial charge in [0.1, 0.15) is 4.08 Å². The van der Waals surface area contributed by atoms with Gasteiger partial charge in [-0.25, -0.2) is 0 Å². The lowest BCUT2D eigenvalue weighted by Gasteiger charge is -2.30. The van der Waals surface area contributed by atoms with Crippen molar-refractivity contribution in [1.29, 1.82) is 0 Å². The van der Waals surface area contributed by atoms with Crippen LogP contribution in [0.15, 0.2) is 19.6 Å². The van der Waals surface area contributed by atoms with Crippen molar-refractivity contribution in [3.63, 3.8) is 0 Å². The zero-order valence-corrected chi connectivity index (χ0v) is 15.8. The number of rotatable bonds is 6. The highest BCUT2D eigenvalue weighted by atomic mass is 32.2. The molecule has 0 amide bonds. The number of thioether (sulfide) groups is 6. The molecular weight excluding hydrogens is 325 g/mol. The normalized spacial score (nSPS) is 19.4. The SMILES string of the molecule is CSC1=C(SC)C(SC)(SC)C(SC)=C1SC. The van der Waals surface area contributed by atoms with Crippen LogP contribution in [-0.2, 0) is 0 Å². The van der Waals surface area contributed by atoms with Crippen molar-refractivity contribution in [2.75, 3.05) is 37.5 Å². The molecule has 0 saturated heterocycles. The van der Waals surface area contributed by atoms with Crippen LogP contribution in [0.4, 0.5) is 0 Å². The minimum absolute atomic E-state index is 0.134. The molecule has 0 heterocycles. The molecule has 0 spiro atoms. The first kappa shape index (κ1) is 16.6. The summed E-state index contributed by atoms with van der Waals surface area (Å²) in [6.07, 6.45) is 13.2. The molecule has 0 atom stereocenters. The Labute approximate surface area is 131 Å². The average molecular weight is 343 g/mol. The monoisotopic (exact) mass is 342 g/mol. The Hall–Kier alpha value is 1.58. The lowest BCUT2D eigenvalue weighted by molar-refractivity contribution is 1.30. The smallest absolute Gasteiger partial charge is 0.125 e. The molecule has 0 aromatic heterocycles. The van der Waals surface area contributed by atoms with Gasteiger partial charge in [0.15, 0.2) is 0 Å². The fourth-order valence-electron chi connectivity index (χ4n) is 1.89. The van der Waals surface area contributed by atoms with Gasteiger partial charge in [-0.05, 0) is 37.5 Å². The third-order valence-electron chi connectivity index (χ3n) is 2.61. The van der Waals surface area contributed by atoms with E-state index in [4.69, 9.17) is 0 Å². The van der Waals surface area contributed by atoms with Gasteiger partial charge in [-0.15, -0.1) is 70.6 Å². The lowest BCUT2D eigenvalue weighted by Crippen LogP contribution is -2.20. The lowest BCUT2D eigenvalue weighted by atomic mass is 10.4. The average Bonchev–Trinajstić information content (AvgIpc) is 2.66. The summed E-state index contributed by atoms with van der Waals surface area (Å²) < 4.78 is 0.134. The summed E-state index contributed by atoms with van der Waals surface area (Å²) >= 11 is 11.5. The van der Waals surface area contributed by atoms with Crippen molar-refractivity contribution in [3.8, 4) is 0 Å². The van der Waals surface area contributed by atoms with Gasteiger partial charge in [-0.3, -0.25) is 0 Å². The standard InChI is InChI=1S/C11H18S6/c1-12-7-8(13-2)10(15-4)11(16-5,17-6)9(7)14-3/h1-6H3. The molecule has 0 aromatic carbocycles. The predicted molar refractivity (Wildman–Crippen MR) is 97.9 cm³/mol.